The first-order valence-corrected chi connectivity index (χ1v) is 20.3. The highest BCUT2D eigenvalue weighted by Gasteiger charge is 2.61. The number of aliphatic hydroxyl groups is 1. The Hall–Kier alpha value is -4.31. The molecule has 4 bridgehead atoms. The van der Waals surface area contributed by atoms with Crippen LogP contribution >= 0.6 is 11.8 Å². The zero-order valence-corrected chi connectivity index (χ0v) is 33.1. The number of nitrogens with one attached hydrogen (secondary N) is 2. The predicted octanol–water partition coefficient (Wildman–Crippen LogP) is 4.53. The number of ether oxygens (including phenoxy) is 5. The summed E-state index contributed by atoms with van der Waals surface area (Å²) in [6.45, 7) is 7.64. The number of piperazine rings is 1. The number of carbonyl (C=O) groups is 2. The highest BCUT2D eigenvalue weighted by molar-refractivity contribution is 7.99. The Morgan fingerprint density at radius 3 is 2.68 bits per heavy atom. The van der Waals surface area contributed by atoms with Gasteiger partial charge in [-0.2, -0.15) is 0 Å². The number of para-hydroxylation sites is 1. The van der Waals surface area contributed by atoms with E-state index in [0.29, 0.717) is 47.1 Å². The third-order valence-electron chi connectivity index (χ3n) is 13.2. The molecule has 2 fully saturated rings. The number of rotatable bonds is 2. The van der Waals surface area contributed by atoms with Gasteiger partial charge in [-0.15, -0.1) is 11.8 Å². The molecule has 14 heteroatoms. The third-order valence-corrected chi connectivity index (χ3v) is 14.7. The van der Waals surface area contributed by atoms with E-state index in [1.165, 1.54) is 6.92 Å². The second-order valence-electron chi connectivity index (χ2n) is 16.1. The van der Waals surface area contributed by atoms with Gasteiger partial charge >= 0.3 is 5.97 Å². The van der Waals surface area contributed by atoms with Crippen molar-refractivity contribution in [2.24, 2.45) is 0 Å². The van der Waals surface area contributed by atoms with Crippen molar-refractivity contribution in [1.29, 1.82) is 0 Å². The molecule has 3 aromatic carbocycles. The van der Waals surface area contributed by atoms with Crippen LogP contribution in [0.4, 0.5) is 0 Å². The first-order chi connectivity index (χ1) is 27.0. The number of aromatic nitrogens is 1. The topological polar surface area (TPSA) is 155 Å². The molecule has 0 saturated carbocycles. The van der Waals surface area contributed by atoms with Crippen molar-refractivity contribution >= 4 is 34.4 Å². The van der Waals surface area contributed by atoms with Gasteiger partial charge in [0.1, 0.15) is 24.1 Å². The molecule has 1 spiro atoms. The fourth-order valence-electron chi connectivity index (χ4n) is 10.8. The monoisotopic (exact) mass is 782 g/mol. The van der Waals surface area contributed by atoms with Crippen LogP contribution in [0, 0.1) is 20.8 Å². The summed E-state index contributed by atoms with van der Waals surface area (Å²) < 4.78 is 30.8. The van der Waals surface area contributed by atoms with E-state index in [-0.39, 0.29) is 43.3 Å². The van der Waals surface area contributed by atoms with Crippen molar-refractivity contribution < 1.29 is 43.5 Å². The van der Waals surface area contributed by atoms with Crippen LogP contribution in [0.25, 0.3) is 10.9 Å². The SMILES string of the molecule is COc1c(C)cc2c(c1O)[C@@H]1C3[C@@H]4SC[C@]5(NCCc6c5[nH]c5c(C)cccc65)C(=O)COC[C@@H](c5c6c(c(C)c(OC(C)=O)c54)OCO6)N3[C@@H](O)[C@H](C2)N1C. The smallest absolute Gasteiger partial charge is 0.308 e. The Balaban J connectivity index is 1.25. The number of likely N-dealkylation sites (N-methyl/N-ethyl adjacent to an activating group) is 1. The third kappa shape index (κ3) is 4.80. The minimum atomic E-state index is -1.15. The number of phenolic OH excluding ortho intramolecular Hbond substituents is 1. The maximum absolute atomic E-state index is 14.9. The highest BCUT2D eigenvalue weighted by Crippen LogP contribution is 2.64. The summed E-state index contributed by atoms with van der Waals surface area (Å²) in [5.41, 5.74) is 7.46. The Labute approximate surface area is 328 Å². The van der Waals surface area contributed by atoms with Gasteiger partial charge in [0.05, 0.1) is 37.1 Å². The first kappa shape index (κ1) is 36.1. The van der Waals surface area contributed by atoms with Crippen LogP contribution in [-0.4, -0.2) is 102 Å². The number of aryl methyl sites for hydroxylation is 2. The fourth-order valence-corrected chi connectivity index (χ4v) is 12.5. The van der Waals surface area contributed by atoms with Gasteiger partial charge in [0.25, 0.3) is 0 Å². The average molecular weight is 783 g/mol. The van der Waals surface area contributed by atoms with Crippen LogP contribution < -0.4 is 24.3 Å². The fraction of sp³-hybridized carbons (Fsp3) is 0.476. The number of H-pyrrole nitrogens is 1. The predicted molar refractivity (Wildman–Crippen MR) is 208 cm³/mol. The van der Waals surface area contributed by atoms with Gasteiger partial charge in [0, 0.05) is 64.1 Å². The summed E-state index contributed by atoms with van der Waals surface area (Å²) in [6.07, 6.45) is 0.254. The lowest BCUT2D eigenvalue weighted by Gasteiger charge is -2.61. The molecule has 4 N–H and O–H groups in total. The van der Waals surface area contributed by atoms with Crippen LogP contribution in [0.3, 0.4) is 0 Å². The molecule has 7 atom stereocenters. The number of esters is 1. The number of Topliss-reactive ketones (excluding diaryl/α,β-unsaturated/α-hetero) is 1. The highest BCUT2D eigenvalue weighted by atomic mass is 32.2. The van der Waals surface area contributed by atoms with E-state index in [9.17, 15) is 19.8 Å². The second-order valence-corrected chi connectivity index (χ2v) is 17.2. The largest absolute Gasteiger partial charge is 0.504 e. The van der Waals surface area contributed by atoms with Gasteiger partial charge in [0.2, 0.25) is 6.79 Å². The molecule has 1 unspecified atom stereocenters. The van der Waals surface area contributed by atoms with Gasteiger partial charge in [-0.1, -0.05) is 24.3 Å². The summed E-state index contributed by atoms with van der Waals surface area (Å²) in [6, 6.07) is 6.33. The summed E-state index contributed by atoms with van der Waals surface area (Å²) in [7, 11) is 3.55. The molecule has 0 amide bonds. The van der Waals surface area contributed by atoms with E-state index in [1.807, 2.05) is 20.9 Å². The number of benzene rings is 3. The van der Waals surface area contributed by atoms with E-state index >= 15 is 0 Å². The number of hydrogen-bond acceptors (Lipinski definition) is 13. The number of carbonyl (C=O) groups excluding carboxylic acids is 2. The Morgan fingerprint density at radius 2 is 1.89 bits per heavy atom. The van der Waals surface area contributed by atoms with Crippen LogP contribution in [-0.2, 0) is 32.7 Å². The lowest BCUT2D eigenvalue weighted by atomic mass is 9.73. The minimum absolute atomic E-state index is 0.0218. The standard InChI is InChI=1S/C42H46N4O9S/c1-18-8-7-9-23-24-10-11-43-42(40(24)44-31(18)23)16-56-39-30-29(38-37(53-17-54-38)20(3)36(30)55-21(4)47)26(14-52-15-27(42)48)46-33(39)32-28-22(13-25(41(46)50)45(32)5)12-19(2)35(51-6)34(28)49/h7-9,12,25-26,32-33,39,41,43-44,49-50H,10-11,13-17H2,1-6H3/t25-,26-,32+,33?,39+,41-,42-/m0/s1. The Kier molecular flexibility index (Phi) is 8.27. The second kappa shape index (κ2) is 12.9. The Morgan fingerprint density at radius 1 is 1.09 bits per heavy atom. The summed E-state index contributed by atoms with van der Waals surface area (Å²) in [4.78, 5) is 35.9. The molecule has 11 rings (SSSR count). The number of nitrogens with zero attached hydrogens (tertiary/aromatic N) is 2. The number of fused-ring (bicyclic) bond motifs is 12. The number of aromatic hydroxyl groups is 1. The lowest BCUT2D eigenvalue weighted by Crippen LogP contribution is -2.69. The lowest BCUT2D eigenvalue weighted by molar-refractivity contribution is -0.181. The average Bonchev–Trinajstić information content (AvgIpc) is 3.81. The van der Waals surface area contributed by atoms with Crippen molar-refractivity contribution in [3.8, 4) is 28.7 Å². The number of hydrogen-bond donors (Lipinski definition) is 4. The van der Waals surface area contributed by atoms with Gasteiger partial charge in [-0.25, -0.2) is 0 Å². The molecule has 0 aliphatic carbocycles. The molecular weight excluding hydrogens is 737 g/mol. The van der Waals surface area contributed by atoms with E-state index in [4.69, 9.17) is 23.7 Å². The maximum atomic E-state index is 14.9. The molecule has 7 aliphatic rings. The first-order valence-electron chi connectivity index (χ1n) is 19.3. The quantitative estimate of drug-likeness (QED) is 0.167. The van der Waals surface area contributed by atoms with Crippen molar-refractivity contribution in [2.75, 3.05) is 46.5 Å². The Bertz CT molecular complexity index is 2360. The molecule has 2 saturated heterocycles. The van der Waals surface area contributed by atoms with Crippen LogP contribution in [0.5, 0.6) is 28.7 Å². The molecule has 56 heavy (non-hydrogen) atoms. The molecule has 4 aromatic rings. The number of phenols is 1. The van der Waals surface area contributed by atoms with Crippen LogP contribution in [0.1, 0.15) is 74.5 Å². The van der Waals surface area contributed by atoms with Gasteiger partial charge in [-0.05, 0) is 62.9 Å². The van der Waals surface area contributed by atoms with Crippen LogP contribution in [0.2, 0.25) is 0 Å². The zero-order chi connectivity index (χ0) is 38.9. The zero-order valence-electron chi connectivity index (χ0n) is 32.3. The van der Waals surface area contributed by atoms with Crippen molar-refractivity contribution in [2.45, 2.75) is 81.7 Å². The maximum Gasteiger partial charge on any atom is 0.308 e. The molecule has 13 nitrogen and oxygen atoms in total. The van der Waals surface area contributed by atoms with Gasteiger partial charge < -0.3 is 38.9 Å². The molecular formula is C42H46N4O9S. The number of methoxy groups -OCH3 is 1. The molecule has 1 aromatic heterocycles. The molecule has 8 heterocycles. The van der Waals surface area contributed by atoms with Crippen LogP contribution in [0.15, 0.2) is 24.3 Å². The van der Waals surface area contributed by atoms with E-state index in [0.717, 1.165) is 56.4 Å². The minimum Gasteiger partial charge on any atom is -0.504 e. The molecule has 294 valence electrons. The van der Waals surface area contributed by atoms with E-state index in [2.05, 4.69) is 51.3 Å². The van der Waals surface area contributed by atoms with E-state index in [1.54, 1.807) is 18.9 Å². The summed E-state index contributed by atoms with van der Waals surface area (Å²) in [5, 5.41) is 29.0. The van der Waals surface area contributed by atoms with Gasteiger partial charge in [-0.3, -0.25) is 24.7 Å². The van der Waals surface area contributed by atoms with Crippen molar-refractivity contribution in [3.05, 3.63) is 74.5 Å². The normalized spacial score (nSPS) is 29.4. The molecule has 0 radical (unpaired) electrons. The van der Waals surface area contributed by atoms with E-state index < -0.39 is 41.1 Å². The molecule has 7 aliphatic heterocycles. The number of thioether (sulfide) groups is 1. The number of aliphatic hydroxyl groups excluding tert-OH is 1. The number of aromatic amines is 1. The van der Waals surface area contributed by atoms with Crippen molar-refractivity contribution in [1.82, 2.24) is 20.1 Å². The summed E-state index contributed by atoms with van der Waals surface area (Å²) in [5.74, 6) is 1.55. The summed E-state index contributed by atoms with van der Waals surface area (Å²) >= 11 is 1.58. The van der Waals surface area contributed by atoms with Crippen molar-refractivity contribution in [3.63, 3.8) is 0 Å². The van der Waals surface area contributed by atoms with Gasteiger partial charge in [0.15, 0.2) is 28.8 Å². The number of ketones is 1.